The summed E-state index contributed by atoms with van der Waals surface area (Å²) >= 11 is 0. The van der Waals surface area contributed by atoms with E-state index in [0.717, 1.165) is 11.4 Å². The molecule has 3 aromatic heterocycles. The number of carbonyl (C=O) groups excluding carboxylic acids is 1. The van der Waals surface area contributed by atoms with Gasteiger partial charge in [0.1, 0.15) is 11.2 Å². The van der Waals surface area contributed by atoms with Crippen molar-refractivity contribution in [3.05, 3.63) is 88.7 Å². The molecule has 1 N–H and O–H groups in total. The Bertz CT molecular complexity index is 1160. The Morgan fingerprint density at radius 1 is 1.12 bits per heavy atom. The lowest BCUT2D eigenvalue weighted by Crippen LogP contribution is -2.27. The van der Waals surface area contributed by atoms with Gasteiger partial charge in [-0.3, -0.25) is 14.0 Å². The van der Waals surface area contributed by atoms with Gasteiger partial charge in [-0.05, 0) is 43.3 Å². The molecule has 3 heterocycles. The number of anilines is 1. The first kappa shape index (κ1) is 15.8. The lowest BCUT2D eigenvalue weighted by Gasteiger charge is -2.09. The minimum atomic E-state index is -0.502. The standard InChI is InChI=1S/C19H15N5O2/c1-13-5-2-8-17-20-12-16(19(26)24(13)17)18(25)22-14-6-3-7-15(11-14)23-10-4-9-21-23/h2-12H,1H3,(H,22,25). The molecule has 4 aromatic rings. The lowest BCUT2D eigenvalue weighted by molar-refractivity contribution is 0.102. The summed E-state index contributed by atoms with van der Waals surface area (Å²) in [7, 11) is 0. The number of aryl methyl sites for hydroxylation is 1. The van der Waals surface area contributed by atoms with Crippen LogP contribution in [-0.4, -0.2) is 25.1 Å². The summed E-state index contributed by atoms with van der Waals surface area (Å²) in [5, 5.41) is 6.92. The van der Waals surface area contributed by atoms with Gasteiger partial charge in [-0.1, -0.05) is 12.1 Å². The van der Waals surface area contributed by atoms with Gasteiger partial charge in [0.25, 0.3) is 11.5 Å². The molecular formula is C19H15N5O2. The van der Waals surface area contributed by atoms with Gasteiger partial charge in [0.15, 0.2) is 0 Å². The molecule has 0 spiro atoms. The molecule has 1 aromatic carbocycles. The van der Waals surface area contributed by atoms with Crippen molar-refractivity contribution >= 4 is 17.2 Å². The zero-order valence-electron chi connectivity index (χ0n) is 14.0. The number of nitrogens with one attached hydrogen (secondary N) is 1. The van der Waals surface area contributed by atoms with Crippen LogP contribution in [0.1, 0.15) is 16.1 Å². The van der Waals surface area contributed by atoms with Gasteiger partial charge in [-0.25, -0.2) is 9.67 Å². The molecule has 0 saturated heterocycles. The van der Waals surface area contributed by atoms with Crippen molar-refractivity contribution in [1.82, 2.24) is 19.2 Å². The quantitative estimate of drug-likeness (QED) is 0.618. The number of pyridine rings is 1. The Kier molecular flexibility index (Phi) is 3.81. The number of amides is 1. The van der Waals surface area contributed by atoms with E-state index in [4.69, 9.17) is 0 Å². The number of hydrogen-bond acceptors (Lipinski definition) is 4. The van der Waals surface area contributed by atoms with Gasteiger partial charge in [0.05, 0.1) is 5.69 Å². The summed E-state index contributed by atoms with van der Waals surface area (Å²) in [6, 6.07) is 14.4. The normalized spacial score (nSPS) is 10.8. The van der Waals surface area contributed by atoms with Crippen LogP contribution < -0.4 is 10.9 Å². The lowest BCUT2D eigenvalue weighted by atomic mass is 10.2. The smallest absolute Gasteiger partial charge is 0.270 e. The zero-order valence-corrected chi connectivity index (χ0v) is 14.0. The Labute approximate surface area is 148 Å². The van der Waals surface area contributed by atoms with Crippen LogP contribution in [-0.2, 0) is 0 Å². The van der Waals surface area contributed by atoms with Crippen molar-refractivity contribution in [2.45, 2.75) is 6.92 Å². The number of fused-ring (bicyclic) bond motifs is 1. The van der Waals surface area contributed by atoms with E-state index in [2.05, 4.69) is 15.4 Å². The number of carbonyl (C=O) groups is 1. The molecular weight excluding hydrogens is 330 g/mol. The first-order chi connectivity index (χ1) is 12.6. The Balaban J connectivity index is 1.68. The van der Waals surface area contributed by atoms with Crippen LogP contribution >= 0.6 is 0 Å². The minimum Gasteiger partial charge on any atom is -0.322 e. The third kappa shape index (κ3) is 2.75. The predicted octanol–water partition coefficient (Wildman–Crippen LogP) is 2.44. The molecule has 0 aliphatic rings. The second-order valence-corrected chi connectivity index (χ2v) is 5.79. The molecule has 1 amide bonds. The van der Waals surface area contributed by atoms with Crippen LogP contribution in [0.15, 0.2) is 71.9 Å². The maximum atomic E-state index is 12.7. The van der Waals surface area contributed by atoms with Crippen LogP contribution in [0.25, 0.3) is 11.3 Å². The van der Waals surface area contributed by atoms with Gasteiger partial charge >= 0.3 is 0 Å². The average molecular weight is 345 g/mol. The molecule has 0 radical (unpaired) electrons. The van der Waals surface area contributed by atoms with Gasteiger partial charge in [0.2, 0.25) is 0 Å². The summed E-state index contributed by atoms with van der Waals surface area (Å²) in [6.07, 6.45) is 4.79. The SMILES string of the molecule is Cc1cccc2ncc(C(=O)Nc3cccc(-n4cccn4)c3)c(=O)n12. The monoisotopic (exact) mass is 345 g/mol. The number of aromatic nitrogens is 4. The number of rotatable bonds is 3. The highest BCUT2D eigenvalue weighted by Crippen LogP contribution is 2.14. The Morgan fingerprint density at radius 2 is 1.96 bits per heavy atom. The zero-order chi connectivity index (χ0) is 18.1. The van der Waals surface area contributed by atoms with E-state index in [1.807, 2.05) is 30.5 Å². The topological polar surface area (TPSA) is 81.3 Å². The van der Waals surface area contributed by atoms with Crippen LogP contribution in [0, 0.1) is 6.92 Å². The number of hydrogen-bond donors (Lipinski definition) is 1. The summed E-state index contributed by atoms with van der Waals surface area (Å²) < 4.78 is 3.11. The van der Waals surface area contributed by atoms with Crippen molar-refractivity contribution in [3.8, 4) is 5.69 Å². The van der Waals surface area contributed by atoms with Crippen molar-refractivity contribution in [2.75, 3.05) is 5.32 Å². The molecule has 0 aliphatic carbocycles. The van der Waals surface area contributed by atoms with E-state index in [0.29, 0.717) is 11.3 Å². The molecule has 7 heteroatoms. The largest absolute Gasteiger partial charge is 0.322 e. The maximum absolute atomic E-state index is 12.7. The molecule has 0 unspecified atom stereocenters. The van der Waals surface area contributed by atoms with Crippen LogP contribution in [0.3, 0.4) is 0 Å². The molecule has 0 saturated carbocycles. The molecule has 4 rings (SSSR count). The summed E-state index contributed by atoms with van der Waals surface area (Å²) in [5.41, 5.74) is 2.19. The van der Waals surface area contributed by atoms with Crippen molar-refractivity contribution < 1.29 is 4.79 Å². The van der Waals surface area contributed by atoms with Gasteiger partial charge in [0, 0.05) is 30.0 Å². The fourth-order valence-electron chi connectivity index (χ4n) is 2.78. The van der Waals surface area contributed by atoms with Gasteiger partial charge < -0.3 is 5.32 Å². The van der Waals surface area contributed by atoms with Gasteiger partial charge in [-0.15, -0.1) is 0 Å². The molecule has 7 nitrogen and oxygen atoms in total. The van der Waals surface area contributed by atoms with E-state index < -0.39 is 11.5 Å². The third-order valence-electron chi connectivity index (χ3n) is 4.04. The molecule has 0 aliphatic heterocycles. The second kappa shape index (κ2) is 6.29. The number of nitrogens with zero attached hydrogens (tertiary/aromatic N) is 4. The maximum Gasteiger partial charge on any atom is 0.270 e. The Morgan fingerprint density at radius 3 is 2.77 bits per heavy atom. The highest BCUT2D eigenvalue weighted by Gasteiger charge is 2.14. The molecule has 0 atom stereocenters. The summed E-state index contributed by atoms with van der Waals surface area (Å²) in [4.78, 5) is 29.5. The van der Waals surface area contributed by atoms with Gasteiger partial charge in [-0.2, -0.15) is 5.10 Å². The first-order valence-corrected chi connectivity index (χ1v) is 8.02. The Hall–Kier alpha value is -3.74. The summed E-state index contributed by atoms with van der Waals surface area (Å²) in [5.74, 6) is -0.502. The first-order valence-electron chi connectivity index (χ1n) is 8.02. The molecule has 128 valence electrons. The van der Waals surface area contributed by atoms with E-state index >= 15 is 0 Å². The van der Waals surface area contributed by atoms with E-state index in [9.17, 15) is 9.59 Å². The molecule has 0 fully saturated rings. The second-order valence-electron chi connectivity index (χ2n) is 5.79. The minimum absolute atomic E-state index is 0.0127. The molecule has 26 heavy (non-hydrogen) atoms. The van der Waals surface area contributed by atoms with Crippen LogP contribution in [0.5, 0.6) is 0 Å². The van der Waals surface area contributed by atoms with E-state index in [1.54, 1.807) is 42.1 Å². The molecule has 0 bridgehead atoms. The highest BCUT2D eigenvalue weighted by atomic mass is 16.2. The summed E-state index contributed by atoms with van der Waals surface area (Å²) in [6.45, 7) is 1.80. The van der Waals surface area contributed by atoms with Crippen molar-refractivity contribution in [3.63, 3.8) is 0 Å². The van der Waals surface area contributed by atoms with E-state index in [1.165, 1.54) is 10.6 Å². The fourth-order valence-corrected chi connectivity index (χ4v) is 2.78. The predicted molar refractivity (Wildman–Crippen MR) is 97.7 cm³/mol. The van der Waals surface area contributed by atoms with Crippen LogP contribution in [0.4, 0.5) is 5.69 Å². The van der Waals surface area contributed by atoms with Crippen molar-refractivity contribution in [2.24, 2.45) is 0 Å². The fraction of sp³-hybridized carbons (Fsp3) is 0.0526. The third-order valence-corrected chi connectivity index (χ3v) is 4.04. The van der Waals surface area contributed by atoms with Crippen molar-refractivity contribution in [1.29, 1.82) is 0 Å². The van der Waals surface area contributed by atoms with Crippen LogP contribution in [0.2, 0.25) is 0 Å². The number of benzene rings is 1. The highest BCUT2D eigenvalue weighted by molar-refractivity contribution is 6.04. The average Bonchev–Trinajstić information content (AvgIpc) is 3.17. The van der Waals surface area contributed by atoms with E-state index in [-0.39, 0.29) is 5.56 Å².